The molecule has 2 aromatic carbocycles. The highest BCUT2D eigenvalue weighted by Gasteiger charge is 2.11. The van der Waals surface area contributed by atoms with Crippen LogP contribution in [0.4, 0.5) is 4.39 Å². The Balaban J connectivity index is 2.26. The Kier molecular flexibility index (Phi) is 2.56. The highest BCUT2D eigenvalue weighted by atomic mass is 35.5. The maximum absolute atomic E-state index is 13.8. The van der Waals surface area contributed by atoms with E-state index >= 15 is 0 Å². The van der Waals surface area contributed by atoms with Gasteiger partial charge in [0.1, 0.15) is 11.6 Å². The smallest absolute Gasteiger partial charge is 0.141 e. The van der Waals surface area contributed by atoms with Crippen molar-refractivity contribution in [3.05, 3.63) is 52.8 Å². The third-order valence-corrected chi connectivity index (χ3v) is 3.13. The first kappa shape index (κ1) is 11.2. The molecule has 0 saturated heterocycles. The van der Waals surface area contributed by atoms with Gasteiger partial charge in [0.05, 0.1) is 16.6 Å². The molecule has 0 spiro atoms. The summed E-state index contributed by atoms with van der Waals surface area (Å²) >= 11 is 5.89. The lowest BCUT2D eigenvalue weighted by Crippen LogP contribution is -1.86. The summed E-state index contributed by atoms with van der Waals surface area (Å²) in [6.45, 7) is 1.97. The van der Waals surface area contributed by atoms with Gasteiger partial charge in [-0.1, -0.05) is 23.7 Å². The van der Waals surface area contributed by atoms with Crippen LogP contribution in [-0.4, -0.2) is 9.97 Å². The van der Waals surface area contributed by atoms with Crippen LogP contribution >= 0.6 is 11.6 Å². The number of rotatable bonds is 1. The molecule has 0 aliphatic rings. The van der Waals surface area contributed by atoms with Crippen LogP contribution in [0.25, 0.3) is 22.4 Å². The first-order valence-corrected chi connectivity index (χ1v) is 5.94. The minimum absolute atomic E-state index is 0.337. The number of hydrogen-bond acceptors (Lipinski definition) is 1. The Hall–Kier alpha value is -1.87. The topological polar surface area (TPSA) is 28.7 Å². The Morgan fingerprint density at radius 1 is 1.22 bits per heavy atom. The standard InChI is InChI=1S/C14H10ClFN2/c1-8-3-2-4-12-13(8)18-14(17-12)10-7-9(15)5-6-11(10)16/h2-7H,1H3,(H,17,18). The Bertz CT molecular complexity index is 734. The number of benzene rings is 2. The number of hydrogen-bond donors (Lipinski definition) is 1. The molecule has 1 N–H and O–H groups in total. The van der Waals surface area contributed by atoms with E-state index in [4.69, 9.17) is 11.6 Å². The van der Waals surface area contributed by atoms with Crippen molar-refractivity contribution in [2.24, 2.45) is 0 Å². The van der Waals surface area contributed by atoms with Gasteiger partial charge in [0, 0.05) is 5.02 Å². The minimum Gasteiger partial charge on any atom is -0.338 e. The van der Waals surface area contributed by atoms with Gasteiger partial charge in [0.25, 0.3) is 0 Å². The van der Waals surface area contributed by atoms with Crippen molar-refractivity contribution in [1.29, 1.82) is 0 Å². The molecule has 0 saturated carbocycles. The van der Waals surface area contributed by atoms with E-state index in [-0.39, 0.29) is 5.82 Å². The van der Waals surface area contributed by atoms with E-state index in [1.165, 1.54) is 12.1 Å². The first-order chi connectivity index (χ1) is 8.65. The number of nitrogens with zero attached hydrogens (tertiary/aromatic N) is 1. The summed E-state index contributed by atoms with van der Waals surface area (Å²) in [5.74, 6) is 0.162. The quantitative estimate of drug-likeness (QED) is 0.693. The number of halogens is 2. The van der Waals surface area contributed by atoms with Gasteiger partial charge in [-0.2, -0.15) is 0 Å². The van der Waals surface area contributed by atoms with Gasteiger partial charge in [-0.15, -0.1) is 0 Å². The van der Waals surface area contributed by atoms with Crippen molar-refractivity contribution >= 4 is 22.6 Å². The fraction of sp³-hybridized carbons (Fsp3) is 0.0714. The summed E-state index contributed by atoms with van der Waals surface area (Å²) in [6, 6.07) is 10.3. The van der Waals surface area contributed by atoms with Gasteiger partial charge in [0.2, 0.25) is 0 Å². The van der Waals surface area contributed by atoms with Gasteiger partial charge >= 0.3 is 0 Å². The number of aromatic nitrogens is 2. The molecule has 1 aromatic heterocycles. The molecule has 0 atom stereocenters. The second-order valence-electron chi connectivity index (χ2n) is 4.18. The lowest BCUT2D eigenvalue weighted by atomic mass is 10.2. The van der Waals surface area contributed by atoms with Crippen LogP contribution in [0, 0.1) is 12.7 Å². The lowest BCUT2D eigenvalue weighted by Gasteiger charge is -1.99. The van der Waals surface area contributed by atoms with Crippen molar-refractivity contribution in [3.63, 3.8) is 0 Å². The molecule has 2 nitrogen and oxygen atoms in total. The maximum atomic E-state index is 13.8. The SMILES string of the molecule is Cc1cccc2[nH]c(-c3cc(Cl)ccc3F)nc12. The van der Waals surface area contributed by atoms with E-state index in [1.54, 1.807) is 6.07 Å². The number of fused-ring (bicyclic) bond motifs is 1. The van der Waals surface area contributed by atoms with Gasteiger partial charge in [0.15, 0.2) is 0 Å². The minimum atomic E-state index is -0.337. The normalized spacial score (nSPS) is 11.1. The average molecular weight is 261 g/mol. The fourth-order valence-electron chi connectivity index (χ4n) is 1.98. The summed E-state index contributed by atoms with van der Waals surface area (Å²) in [4.78, 5) is 7.54. The van der Waals surface area contributed by atoms with Crippen LogP contribution in [0.5, 0.6) is 0 Å². The molecule has 90 valence electrons. The number of H-pyrrole nitrogens is 1. The Morgan fingerprint density at radius 2 is 2.06 bits per heavy atom. The molecule has 3 aromatic rings. The zero-order valence-corrected chi connectivity index (χ0v) is 10.4. The van der Waals surface area contributed by atoms with E-state index in [0.717, 1.165) is 16.6 Å². The molecule has 0 bridgehead atoms. The molecular weight excluding hydrogens is 251 g/mol. The van der Waals surface area contributed by atoms with Crippen molar-refractivity contribution in [1.82, 2.24) is 9.97 Å². The van der Waals surface area contributed by atoms with Crippen LogP contribution in [0.3, 0.4) is 0 Å². The molecule has 0 aliphatic heterocycles. The second-order valence-corrected chi connectivity index (χ2v) is 4.62. The first-order valence-electron chi connectivity index (χ1n) is 5.56. The van der Waals surface area contributed by atoms with Crippen LogP contribution in [-0.2, 0) is 0 Å². The van der Waals surface area contributed by atoms with E-state index in [2.05, 4.69) is 9.97 Å². The molecule has 3 rings (SSSR count). The number of aryl methyl sites for hydroxylation is 1. The van der Waals surface area contributed by atoms with Crippen molar-refractivity contribution < 1.29 is 4.39 Å². The highest BCUT2D eigenvalue weighted by molar-refractivity contribution is 6.30. The van der Waals surface area contributed by atoms with Crippen LogP contribution in [0.2, 0.25) is 5.02 Å². The molecule has 0 aliphatic carbocycles. The summed E-state index contributed by atoms with van der Waals surface area (Å²) in [5, 5.41) is 0.489. The van der Waals surface area contributed by atoms with Gasteiger partial charge in [-0.25, -0.2) is 9.37 Å². The van der Waals surface area contributed by atoms with E-state index < -0.39 is 0 Å². The van der Waals surface area contributed by atoms with Crippen molar-refractivity contribution in [3.8, 4) is 11.4 Å². The van der Waals surface area contributed by atoms with E-state index in [0.29, 0.717) is 16.4 Å². The highest BCUT2D eigenvalue weighted by Crippen LogP contribution is 2.26. The summed E-state index contributed by atoms with van der Waals surface area (Å²) in [7, 11) is 0. The van der Waals surface area contributed by atoms with Gasteiger partial charge in [-0.3, -0.25) is 0 Å². The van der Waals surface area contributed by atoms with Gasteiger partial charge < -0.3 is 4.98 Å². The van der Waals surface area contributed by atoms with Crippen LogP contribution in [0.15, 0.2) is 36.4 Å². The fourth-order valence-corrected chi connectivity index (χ4v) is 2.15. The summed E-state index contributed by atoms with van der Waals surface area (Å²) in [5.41, 5.74) is 3.19. The van der Waals surface area contributed by atoms with Crippen LogP contribution < -0.4 is 0 Å². The zero-order chi connectivity index (χ0) is 12.7. The number of aromatic amines is 1. The second kappa shape index (κ2) is 4.10. The average Bonchev–Trinajstić information content (AvgIpc) is 2.77. The number of imidazole rings is 1. The van der Waals surface area contributed by atoms with E-state index in [9.17, 15) is 4.39 Å². The third kappa shape index (κ3) is 1.77. The zero-order valence-electron chi connectivity index (χ0n) is 9.67. The predicted molar refractivity (Wildman–Crippen MR) is 71.2 cm³/mol. The van der Waals surface area contributed by atoms with Crippen molar-refractivity contribution in [2.45, 2.75) is 6.92 Å². The largest absolute Gasteiger partial charge is 0.338 e. The maximum Gasteiger partial charge on any atom is 0.141 e. The number of nitrogens with one attached hydrogen (secondary N) is 1. The summed E-state index contributed by atoms with van der Waals surface area (Å²) < 4.78 is 13.8. The molecular formula is C14H10ClFN2. The number of para-hydroxylation sites is 1. The summed E-state index contributed by atoms with van der Waals surface area (Å²) in [6.07, 6.45) is 0. The molecule has 0 unspecified atom stereocenters. The molecule has 4 heteroatoms. The van der Waals surface area contributed by atoms with E-state index in [1.807, 2.05) is 25.1 Å². The Labute approximate surface area is 108 Å². The van der Waals surface area contributed by atoms with Gasteiger partial charge in [-0.05, 0) is 36.8 Å². The molecule has 0 fully saturated rings. The lowest BCUT2D eigenvalue weighted by molar-refractivity contribution is 0.630. The molecule has 0 radical (unpaired) electrons. The third-order valence-electron chi connectivity index (χ3n) is 2.90. The predicted octanol–water partition coefficient (Wildman–Crippen LogP) is 4.33. The molecule has 18 heavy (non-hydrogen) atoms. The molecule has 1 heterocycles. The Morgan fingerprint density at radius 3 is 2.83 bits per heavy atom. The van der Waals surface area contributed by atoms with Crippen LogP contribution in [0.1, 0.15) is 5.56 Å². The van der Waals surface area contributed by atoms with Crippen molar-refractivity contribution in [2.75, 3.05) is 0 Å². The molecule has 0 amide bonds. The monoisotopic (exact) mass is 260 g/mol.